The Kier molecular flexibility index (Phi) is 3.52. The van der Waals surface area contributed by atoms with Gasteiger partial charge in [0.25, 0.3) is 0 Å². The minimum Gasteiger partial charge on any atom is -0.395 e. The van der Waals surface area contributed by atoms with Crippen LogP contribution in [0.5, 0.6) is 0 Å². The van der Waals surface area contributed by atoms with Crippen LogP contribution in [-0.4, -0.2) is 18.3 Å². The third kappa shape index (κ3) is 3.09. The molecule has 0 saturated heterocycles. The molecular weight excluding hydrogens is 214 g/mol. The number of hydrogen-bond donors (Lipinski definition) is 2. The van der Waals surface area contributed by atoms with Crippen molar-refractivity contribution in [3.63, 3.8) is 0 Å². The quantitative estimate of drug-likeness (QED) is 0.770. The molecule has 1 aromatic rings. The van der Waals surface area contributed by atoms with Crippen LogP contribution >= 0.6 is 0 Å². The predicted octanol–water partition coefficient (Wildman–Crippen LogP) is 2.25. The molecule has 0 radical (unpaired) electrons. The van der Waals surface area contributed by atoms with E-state index in [9.17, 15) is 17.6 Å². The summed E-state index contributed by atoms with van der Waals surface area (Å²) in [5, 5.41) is 10.8. The molecule has 0 saturated carbocycles. The van der Waals surface area contributed by atoms with Gasteiger partial charge in [-0.25, -0.2) is 4.39 Å². The molecule has 15 heavy (non-hydrogen) atoms. The third-order valence-electron chi connectivity index (χ3n) is 1.72. The van der Waals surface area contributed by atoms with Crippen LogP contribution in [-0.2, 0) is 6.18 Å². The lowest BCUT2D eigenvalue weighted by molar-refractivity contribution is -0.137. The van der Waals surface area contributed by atoms with E-state index in [0.29, 0.717) is 12.1 Å². The first kappa shape index (κ1) is 11.8. The number of rotatable bonds is 3. The van der Waals surface area contributed by atoms with Crippen molar-refractivity contribution in [1.82, 2.24) is 0 Å². The first-order valence-corrected chi connectivity index (χ1v) is 4.16. The Morgan fingerprint density at radius 3 is 2.47 bits per heavy atom. The van der Waals surface area contributed by atoms with Crippen molar-refractivity contribution in [2.45, 2.75) is 6.18 Å². The van der Waals surface area contributed by atoms with Crippen LogP contribution < -0.4 is 5.32 Å². The van der Waals surface area contributed by atoms with Crippen LogP contribution in [0.25, 0.3) is 0 Å². The highest BCUT2D eigenvalue weighted by molar-refractivity contribution is 5.47. The van der Waals surface area contributed by atoms with Gasteiger partial charge in [0.2, 0.25) is 0 Å². The predicted molar refractivity (Wildman–Crippen MR) is 47.0 cm³/mol. The SMILES string of the molecule is OCCNc1cc(C(F)(F)F)ccc1F. The number of aliphatic hydroxyl groups is 1. The van der Waals surface area contributed by atoms with Crippen molar-refractivity contribution in [2.24, 2.45) is 0 Å². The summed E-state index contributed by atoms with van der Waals surface area (Å²) in [7, 11) is 0. The molecule has 0 amide bonds. The van der Waals surface area contributed by atoms with Crippen LogP contribution in [0.3, 0.4) is 0 Å². The van der Waals surface area contributed by atoms with Gasteiger partial charge in [0, 0.05) is 6.54 Å². The van der Waals surface area contributed by atoms with E-state index in [2.05, 4.69) is 5.32 Å². The van der Waals surface area contributed by atoms with Crippen molar-refractivity contribution in [3.05, 3.63) is 29.6 Å². The summed E-state index contributed by atoms with van der Waals surface area (Å²) >= 11 is 0. The lowest BCUT2D eigenvalue weighted by atomic mass is 10.2. The van der Waals surface area contributed by atoms with Gasteiger partial charge in [0.15, 0.2) is 0 Å². The first-order valence-electron chi connectivity index (χ1n) is 4.16. The van der Waals surface area contributed by atoms with Crippen LogP contribution in [0.15, 0.2) is 18.2 Å². The molecule has 0 aliphatic carbocycles. The maximum atomic E-state index is 13.0. The van der Waals surface area contributed by atoms with Gasteiger partial charge in [0.05, 0.1) is 17.9 Å². The van der Waals surface area contributed by atoms with E-state index >= 15 is 0 Å². The Labute approximate surface area is 83.5 Å². The number of nitrogens with one attached hydrogen (secondary N) is 1. The fraction of sp³-hybridized carbons (Fsp3) is 0.333. The van der Waals surface area contributed by atoms with E-state index in [1.165, 1.54) is 0 Å². The topological polar surface area (TPSA) is 32.3 Å². The number of aliphatic hydroxyl groups excluding tert-OH is 1. The molecule has 1 rings (SSSR count). The van der Waals surface area contributed by atoms with Gasteiger partial charge in [0.1, 0.15) is 5.82 Å². The molecule has 6 heteroatoms. The largest absolute Gasteiger partial charge is 0.416 e. The van der Waals surface area contributed by atoms with Gasteiger partial charge in [-0.05, 0) is 18.2 Å². The lowest BCUT2D eigenvalue weighted by Crippen LogP contribution is -2.10. The molecule has 0 fully saturated rings. The second-order valence-corrected chi connectivity index (χ2v) is 2.84. The number of halogens is 4. The Hall–Kier alpha value is -1.30. The Balaban J connectivity index is 2.95. The Morgan fingerprint density at radius 1 is 1.27 bits per heavy atom. The summed E-state index contributed by atoms with van der Waals surface area (Å²) in [4.78, 5) is 0. The van der Waals surface area contributed by atoms with Gasteiger partial charge >= 0.3 is 6.18 Å². The smallest absolute Gasteiger partial charge is 0.395 e. The third-order valence-corrected chi connectivity index (χ3v) is 1.72. The molecule has 0 aliphatic heterocycles. The molecule has 2 N–H and O–H groups in total. The van der Waals surface area contributed by atoms with Gasteiger partial charge in [-0.1, -0.05) is 0 Å². The van der Waals surface area contributed by atoms with Gasteiger partial charge in [-0.3, -0.25) is 0 Å². The second-order valence-electron chi connectivity index (χ2n) is 2.84. The van der Waals surface area contributed by atoms with Crippen LogP contribution in [0.2, 0.25) is 0 Å². The fourth-order valence-electron chi connectivity index (χ4n) is 1.03. The van der Waals surface area contributed by atoms with E-state index in [1.807, 2.05) is 0 Å². The zero-order valence-corrected chi connectivity index (χ0v) is 7.61. The van der Waals surface area contributed by atoms with Crippen LogP contribution in [0.1, 0.15) is 5.56 Å². The highest BCUT2D eigenvalue weighted by Gasteiger charge is 2.31. The lowest BCUT2D eigenvalue weighted by Gasteiger charge is -2.10. The molecule has 2 nitrogen and oxygen atoms in total. The van der Waals surface area contributed by atoms with E-state index in [0.717, 1.165) is 6.07 Å². The summed E-state index contributed by atoms with van der Waals surface area (Å²) in [6, 6.07) is 2.08. The minimum absolute atomic E-state index is 0.00176. The molecule has 0 aliphatic rings. The maximum Gasteiger partial charge on any atom is 0.416 e. The van der Waals surface area contributed by atoms with Gasteiger partial charge in [-0.15, -0.1) is 0 Å². The summed E-state index contributed by atoms with van der Waals surface area (Å²) in [5.41, 5.74) is -1.19. The molecule has 0 bridgehead atoms. The van der Waals surface area contributed by atoms with E-state index in [1.54, 1.807) is 0 Å². The first-order chi connectivity index (χ1) is 6.95. The zero-order chi connectivity index (χ0) is 11.5. The average molecular weight is 223 g/mol. The van der Waals surface area contributed by atoms with Crippen molar-refractivity contribution in [2.75, 3.05) is 18.5 Å². The summed E-state index contributed by atoms with van der Waals surface area (Å²) in [6.07, 6.45) is -4.50. The van der Waals surface area contributed by atoms with E-state index in [4.69, 9.17) is 5.11 Å². The number of anilines is 1. The van der Waals surface area contributed by atoms with Crippen LogP contribution in [0, 0.1) is 5.82 Å². The fourth-order valence-corrected chi connectivity index (χ4v) is 1.03. The monoisotopic (exact) mass is 223 g/mol. The maximum absolute atomic E-state index is 13.0. The number of alkyl halides is 3. The highest BCUT2D eigenvalue weighted by Crippen LogP contribution is 2.31. The van der Waals surface area contributed by atoms with E-state index in [-0.39, 0.29) is 18.8 Å². The average Bonchev–Trinajstić information content (AvgIpc) is 2.15. The van der Waals surface area contributed by atoms with Gasteiger partial charge < -0.3 is 10.4 Å². The summed E-state index contributed by atoms with van der Waals surface area (Å²) < 4.78 is 49.6. The van der Waals surface area contributed by atoms with Crippen molar-refractivity contribution >= 4 is 5.69 Å². The summed E-state index contributed by atoms with van der Waals surface area (Å²) in [6.45, 7) is -0.284. The minimum atomic E-state index is -4.50. The van der Waals surface area contributed by atoms with Crippen molar-refractivity contribution in [1.29, 1.82) is 0 Å². The Bertz CT molecular complexity index is 337. The standard InChI is InChI=1S/C9H9F4NO/c10-7-2-1-6(9(11,12)13)5-8(7)14-3-4-15/h1-2,5,14-15H,3-4H2. The zero-order valence-electron chi connectivity index (χ0n) is 7.61. The van der Waals surface area contributed by atoms with Gasteiger partial charge in [-0.2, -0.15) is 13.2 Å². The number of hydrogen-bond acceptors (Lipinski definition) is 2. The second kappa shape index (κ2) is 4.48. The number of benzene rings is 1. The van der Waals surface area contributed by atoms with E-state index < -0.39 is 17.6 Å². The molecule has 0 spiro atoms. The van der Waals surface area contributed by atoms with Crippen molar-refractivity contribution < 1.29 is 22.7 Å². The van der Waals surface area contributed by atoms with Crippen molar-refractivity contribution in [3.8, 4) is 0 Å². The summed E-state index contributed by atoms with van der Waals surface area (Å²) in [5.74, 6) is -0.781. The molecule has 0 aromatic heterocycles. The molecule has 0 atom stereocenters. The normalized spacial score (nSPS) is 11.5. The molecule has 0 heterocycles. The molecule has 0 unspecified atom stereocenters. The molecule has 1 aromatic carbocycles. The molecular formula is C9H9F4NO. The molecule has 84 valence electrons. The van der Waals surface area contributed by atoms with Crippen LogP contribution in [0.4, 0.5) is 23.2 Å². The Morgan fingerprint density at radius 2 is 1.93 bits per heavy atom. The highest BCUT2D eigenvalue weighted by atomic mass is 19.4.